The highest BCUT2D eigenvalue weighted by Crippen LogP contribution is 2.33. The summed E-state index contributed by atoms with van der Waals surface area (Å²) >= 11 is 18.3. The van der Waals surface area contributed by atoms with Gasteiger partial charge in [-0.3, -0.25) is 13.9 Å². The molecule has 0 spiro atoms. The molecule has 34 heavy (non-hydrogen) atoms. The minimum atomic E-state index is -3.91. The van der Waals surface area contributed by atoms with E-state index in [1.165, 1.54) is 17.0 Å². The smallest absolute Gasteiger partial charge is 0.244 e. The molecule has 0 aliphatic carbocycles. The minimum absolute atomic E-state index is 0.0104. The maximum atomic E-state index is 13.6. The summed E-state index contributed by atoms with van der Waals surface area (Å²) < 4.78 is 26.1. The molecule has 2 aromatic carbocycles. The van der Waals surface area contributed by atoms with E-state index in [-0.39, 0.29) is 34.2 Å². The summed E-state index contributed by atoms with van der Waals surface area (Å²) in [5.74, 6) is -0.895. The number of hydrogen-bond acceptors (Lipinski definition) is 4. The van der Waals surface area contributed by atoms with Crippen molar-refractivity contribution in [3.63, 3.8) is 0 Å². The second kappa shape index (κ2) is 12.1. The van der Waals surface area contributed by atoms with Crippen LogP contribution in [-0.4, -0.2) is 50.0 Å². The van der Waals surface area contributed by atoms with Crippen molar-refractivity contribution in [2.45, 2.75) is 45.8 Å². The second-order valence-electron chi connectivity index (χ2n) is 8.08. The van der Waals surface area contributed by atoms with Gasteiger partial charge in [0.1, 0.15) is 12.6 Å². The lowest BCUT2D eigenvalue weighted by Gasteiger charge is -2.33. The Hall–Kier alpha value is -2.00. The van der Waals surface area contributed by atoms with Gasteiger partial charge >= 0.3 is 0 Å². The van der Waals surface area contributed by atoms with Gasteiger partial charge in [0.25, 0.3) is 0 Å². The number of amides is 2. The summed E-state index contributed by atoms with van der Waals surface area (Å²) in [6.07, 6.45) is 1.30. The Morgan fingerprint density at radius 1 is 1.03 bits per heavy atom. The third kappa shape index (κ3) is 7.50. The van der Waals surface area contributed by atoms with E-state index in [0.717, 1.165) is 16.1 Å². The molecule has 0 fully saturated rings. The van der Waals surface area contributed by atoms with E-state index in [1.54, 1.807) is 37.3 Å². The molecule has 0 unspecified atom stereocenters. The van der Waals surface area contributed by atoms with Crippen molar-refractivity contribution in [3.05, 3.63) is 63.1 Å². The van der Waals surface area contributed by atoms with E-state index in [9.17, 15) is 18.0 Å². The molecular formula is C23H28Cl3N3O4S. The van der Waals surface area contributed by atoms with E-state index in [2.05, 4.69) is 5.32 Å². The molecule has 0 heterocycles. The zero-order chi connectivity index (χ0) is 25.6. The minimum Gasteiger partial charge on any atom is -0.352 e. The number of carbonyl (C=O) groups is 2. The van der Waals surface area contributed by atoms with Crippen molar-refractivity contribution in [2.75, 3.05) is 17.1 Å². The first-order valence-electron chi connectivity index (χ1n) is 10.6. The fourth-order valence-electron chi connectivity index (χ4n) is 3.37. The number of rotatable bonds is 10. The Balaban J connectivity index is 2.48. The van der Waals surface area contributed by atoms with Gasteiger partial charge in [-0.25, -0.2) is 8.42 Å². The lowest BCUT2D eigenvalue weighted by atomic mass is 10.1. The zero-order valence-corrected chi connectivity index (χ0v) is 22.5. The molecule has 1 atom stereocenters. The number of nitrogens with zero attached hydrogens (tertiary/aromatic N) is 2. The van der Waals surface area contributed by atoms with Crippen molar-refractivity contribution in [1.82, 2.24) is 10.2 Å². The summed E-state index contributed by atoms with van der Waals surface area (Å²) in [5, 5.41) is 3.53. The van der Waals surface area contributed by atoms with Crippen molar-refractivity contribution in [2.24, 2.45) is 0 Å². The monoisotopic (exact) mass is 547 g/mol. The molecule has 7 nitrogen and oxygen atoms in total. The van der Waals surface area contributed by atoms with Gasteiger partial charge in [-0.15, -0.1) is 0 Å². The van der Waals surface area contributed by atoms with Gasteiger partial charge in [-0.1, -0.05) is 59.9 Å². The summed E-state index contributed by atoms with van der Waals surface area (Å²) in [6, 6.07) is 10.4. The first-order chi connectivity index (χ1) is 15.8. The first-order valence-corrected chi connectivity index (χ1v) is 13.6. The number of anilines is 1. The Bertz CT molecular complexity index is 1120. The van der Waals surface area contributed by atoms with E-state index >= 15 is 0 Å². The lowest BCUT2D eigenvalue weighted by Crippen LogP contribution is -2.53. The molecule has 11 heteroatoms. The Kier molecular flexibility index (Phi) is 10.1. The van der Waals surface area contributed by atoms with Crippen LogP contribution < -0.4 is 9.62 Å². The summed E-state index contributed by atoms with van der Waals surface area (Å²) in [5.41, 5.74) is 0.816. The van der Waals surface area contributed by atoms with Crippen molar-refractivity contribution in [3.8, 4) is 0 Å². The van der Waals surface area contributed by atoms with Crippen LogP contribution >= 0.6 is 34.8 Å². The van der Waals surface area contributed by atoms with Crippen LogP contribution in [0.15, 0.2) is 42.5 Å². The predicted molar refractivity (Wildman–Crippen MR) is 138 cm³/mol. The van der Waals surface area contributed by atoms with E-state index < -0.39 is 28.5 Å². The molecule has 0 aromatic heterocycles. The Labute approximate surface area is 216 Å². The van der Waals surface area contributed by atoms with Gasteiger partial charge in [-0.2, -0.15) is 0 Å². The SMILES string of the molecule is CC[C@@H](C(=O)NC(C)C)N(Cc1ccc(Cl)cc1)C(=O)CN(c1cccc(Cl)c1Cl)S(C)(=O)=O. The molecule has 0 bridgehead atoms. The number of halogens is 3. The van der Waals surface area contributed by atoms with E-state index in [4.69, 9.17) is 34.8 Å². The predicted octanol–water partition coefficient (Wildman–Crippen LogP) is 4.74. The third-order valence-electron chi connectivity index (χ3n) is 4.96. The van der Waals surface area contributed by atoms with E-state index in [0.29, 0.717) is 11.4 Å². The van der Waals surface area contributed by atoms with Gasteiger partial charge < -0.3 is 10.2 Å². The normalized spacial score (nSPS) is 12.4. The third-order valence-corrected chi connectivity index (χ3v) is 7.15. The fraction of sp³-hybridized carbons (Fsp3) is 0.391. The largest absolute Gasteiger partial charge is 0.352 e. The average Bonchev–Trinajstić information content (AvgIpc) is 2.74. The molecule has 1 N–H and O–H groups in total. The number of nitrogens with one attached hydrogen (secondary N) is 1. The van der Waals surface area contributed by atoms with Crippen LogP contribution in [0.3, 0.4) is 0 Å². The molecule has 2 rings (SSSR count). The van der Waals surface area contributed by atoms with Crippen LogP contribution in [-0.2, 0) is 26.2 Å². The van der Waals surface area contributed by atoms with Gasteiger partial charge in [-0.05, 0) is 50.1 Å². The number of benzene rings is 2. The van der Waals surface area contributed by atoms with Gasteiger partial charge in [0.15, 0.2) is 0 Å². The summed E-state index contributed by atoms with van der Waals surface area (Å²) in [4.78, 5) is 27.9. The number of sulfonamides is 1. The van der Waals surface area contributed by atoms with Gasteiger partial charge in [0, 0.05) is 17.6 Å². The Morgan fingerprint density at radius 2 is 1.65 bits per heavy atom. The van der Waals surface area contributed by atoms with Gasteiger partial charge in [0.05, 0.1) is 22.0 Å². The number of carbonyl (C=O) groups excluding carboxylic acids is 2. The van der Waals surface area contributed by atoms with Crippen molar-refractivity contribution >= 4 is 62.3 Å². The van der Waals surface area contributed by atoms with Crippen LogP contribution in [0.5, 0.6) is 0 Å². The molecular weight excluding hydrogens is 521 g/mol. The van der Waals surface area contributed by atoms with Crippen molar-refractivity contribution < 1.29 is 18.0 Å². The van der Waals surface area contributed by atoms with Crippen molar-refractivity contribution in [1.29, 1.82) is 0 Å². The van der Waals surface area contributed by atoms with Crippen LogP contribution in [0, 0.1) is 0 Å². The van der Waals surface area contributed by atoms with Crippen LogP contribution in [0.1, 0.15) is 32.8 Å². The highest BCUT2D eigenvalue weighted by Gasteiger charge is 2.32. The fourth-order valence-corrected chi connectivity index (χ4v) is 4.79. The summed E-state index contributed by atoms with van der Waals surface area (Å²) in [6.45, 7) is 4.96. The molecule has 0 radical (unpaired) electrons. The molecule has 0 aliphatic rings. The highest BCUT2D eigenvalue weighted by molar-refractivity contribution is 7.92. The zero-order valence-electron chi connectivity index (χ0n) is 19.4. The van der Waals surface area contributed by atoms with Gasteiger partial charge in [0.2, 0.25) is 21.8 Å². The second-order valence-corrected chi connectivity index (χ2v) is 11.2. The molecule has 2 aromatic rings. The van der Waals surface area contributed by atoms with Crippen LogP contribution in [0.2, 0.25) is 15.1 Å². The molecule has 2 amide bonds. The van der Waals surface area contributed by atoms with E-state index in [1.807, 2.05) is 13.8 Å². The molecule has 0 saturated carbocycles. The molecule has 0 aliphatic heterocycles. The Morgan fingerprint density at radius 3 is 2.18 bits per heavy atom. The standard InChI is InChI=1S/C23H28Cl3N3O4S/c1-5-19(23(31)27-15(2)3)28(13-16-9-11-17(24)12-10-16)21(30)14-29(34(4,32)33)20-8-6-7-18(25)22(20)26/h6-12,15,19H,5,13-14H2,1-4H3,(H,27,31)/t19-/m0/s1. The molecule has 186 valence electrons. The molecule has 0 saturated heterocycles. The van der Waals surface area contributed by atoms with Crippen LogP contribution in [0.25, 0.3) is 0 Å². The average molecular weight is 549 g/mol. The highest BCUT2D eigenvalue weighted by atomic mass is 35.5. The lowest BCUT2D eigenvalue weighted by molar-refractivity contribution is -0.140. The topological polar surface area (TPSA) is 86.8 Å². The maximum absolute atomic E-state index is 13.6. The quantitative estimate of drug-likeness (QED) is 0.464. The maximum Gasteiger partial charge on any atom is 0.244 e. The number of hydrogen-bond donors (Lipinski definition) is 1. The summed E-state index contributed by atoms with van der Waals surface area (Å²) in [7, 11) is -3.91. The first kappa shape index (κ1) is 28.2. The van der Waals surface area contributed by atoms with Crippen LogP contribution in [0.4, 0.5) is 5.69 Å².